The number of aryl methyl sites for hydroxylation is 1. The molecule has 0 radical (unpaired) electrons. The molecule has 1 saturated heterocycles. The van der Waals surface area contributed by atoms with E-state index in [4.69, 9.17) is 0 Å². The summed E-state index contributed by atoms with van der Waals surface area (Å²) in [4.78, 5) is 38.8. The lowest BCUT2D eigenvalue weighted by Gasteiger charge is -2.25. The van der Waals surface area contributed by atoms with Gasteiger partial charge in [0.25, 0.3) is 5.91 Å². The zero-order chi connectivity index (χ0) is 18.2. The Hall–Kier alpha value is -2.37. The molecular weight excluding hydrogens is 318 g/mol. The molecule has 134 valence electrons. The van der Waals surface area contributed by atoms with Gasteiger partial charge in [-0.1, -0.05) is 37.1 Å². The molecule has 1 heterocycles. The van der Waals surface area contributed by atoms with Crippen molar-refractivity contribution in [2.45, 2.75) is 64.1 Å². The van der Waals surface area contributed by atoms with Gasteiger partial charge in [-0.05, 0) is 44.7 Å². The number of nitrogens with zero attached hydrogens (tertiary/aromatic N) is 1. The minimum absolute atomic E-state index is 0.197. The fourth-order valence-corrected chi connectivity index (χ4v) is 3.91. The van der Waals surface area contributed by atoms with E-state index in [0.717, 1.165) is 28.9 Å². The zero-order valence-electron chi connectivity index (χ0n) is 15.0. The van der Waals surface area contributed by atoms with Crippen molar-refractivity contribution in [3.63, 3.8) is 0 Å². The first-order valence-electron chi connectivity index (χ1n) is 8.87. The molecule has 2 fully saturated rings. The Balaban J connectivity index is 1.71. The van der Waals surface area contributed by atoms with Gasteiger partial charge in [0.2, 0.25) is 5.91 Å². The third-order valence-corrected chi connectivity index (χ3v) is 5.43. The van der Waals surface area contributed by atoms with Crippen LogP contribution in [0.4, 0.5) is 4.79 Å². The van der Waals surface area contributed by atoms with Crippen molar-refractivity contribution in [3.8, 4) is 0 Å². The number of carbonyl (C=O) groups excluding carboxylic acids is 3. The lowest BCUT2D eigenvalue weighted by atomic mass is 9.97. The zero-order valence-corrected chi connectivity index (χ0v) is 15.0. The Bertz CT molecular complexity index is 710. The van der Waals surface area contributed by atoms with Crippen LogP contribution in [0, 0.1) is 6.92 Å². The van der Waals surface area contributed by atoms with Crippen LogP contribution in [0.3, 0.4) is 0 Å². The molecule has 2 N–H and O–H groups in total. The van der Waals surface area contributed by atoms with Crippen LogP contribution in [0.1, 0.15) is 56.7 Å². The first-order chi connectivity index (χ1) is 11.9. The molecule has 2 atom stereocenters. The average molecular weight is 343 g/mol. The minimum Gasteiger partial charge on any atom is -0.348 e. The highest BCUT2D eigenvalue weighted by Gasteiger charge is 2.54. The molecule has 6 heteroatoms. The van der Waals surface area contributed by atoms with Gasteiger partial charge in [-0.15, -0.1) is 0 Å². The van der Waals surface area contributed by atoms with E-state index in [0.29, 0.717) is 12.8 Å². The molecule has 1 spiro atoms. The Labute approximate surface area is 148 Å². The van der Waals surface area contributed by atoms with Gasteiger partial charge in [0.15, 0.2) is 0 Å². The summed E-state index contributed by atoms with van der Waals surface area (Å²) < 4.78 is 0. The predicted molar refractivity (Wildman–Crippen MR) is 93.8 cm³/mol. The van der Waals surface area contributed by atoms with E-state index in [2.05, 4.69) is 10.6 Å². The molecule has 4 amide bonds. The number of carbonyl (C=O) groups is 3. The number of urea groups is 1. The molecule has 6 nitrogen and oxygen atoms in total. The van der Waals surface area contributed by atoms with E-state index in [1.54, 1.807) is 6.92 Å². The molecule has 25 heavy (non-hydrogen) atoms. The van der Waals surface area contributed by atoms with Gasteiger partial charge >= 0.3 is 6.03 Å². The van der Waals surface area contributed by atoms with Crippen LogP contribution in [0.15, 0.2) is 24.3 Å². The number of hydrogen-bond acceptors (Lipinski definition) is 3. The standard InChI is InChI=1S/C19H25N3O3/c1-12-8-4-5-9-15(12)13(2)20-16(23)14(3)22-17(24)19(21-18(22)25)10-6-7-11-19/h4-5,8-9,13-14H,6-7,10-11H2,1-3H3,(H,20,23)(H,21,25)/t13-,14-/m1/s1. The third-order valence-electron chi connectivity index (χ3n) is 5.43. The molecule has 1 saturated carbocycles. The third kappa shape index (κ3) is 3.01. The number of hydrogen-bond donors (Lipinski definition) is 2. The van der Waals surface area contributed by atoms with Gasteiger partial charge in [0.05, 0.1) is 6.04 Å². The molecule has 1 aromatic rings. The Morgan fingerprint density at radius 1 is 1.20 bits per heavy atom. The number of amides is 4. The van der Waals surface area contributed by atoms with Gasteiger partial charge in [0, 0.05) is 0 Å². The average Bonchev–Trinajstić information content (AvgIpc) is 3.13. The lowest BCUT2D eigenvalue weighted by molar-refractivity contribution is -0.138. The number of rotatable bonds is 4. The largest absolute Gasteiger partial charge is 0.348 e. The maximum atomic E-state index is 12.8. The maximum absolute atomic E-state index is 12.8. The summed E-state index contributed by atoms with van der Waals surface area (Å²) in [5, 5.41) is 5.74. The van der Waals surface area contributed by atoms with Crippen molar-refractivity contribution in [2.24, 2.45) is 0 Å². The monoisotopic (exact) mass is 343 g/mol. The highest BCUT2D eigenvalue weighted by Crippen LogP contribution is 2.35. The van der Waals surface area contributed by atoms with Gasteiger partial charge in [-0.2, -0.15) is 0 Å². The van der Waals surface area contributed by atoms with E-state index in [-0.39, 0.29) is 17.9 Å². The van der Waals surface area contributed by atoms with Crippen molar-refractivity contribution < 1.29 is 14.4 Å². The first-order valence-corrected chi connectivity index (χ1v) is 8.87. The molecule has 2 aliphatic rings. The van der Waals surface area contributed by atoms with Crippen molar-refractivity contribution in [1.82, 2.24) is 15.5 Å². The number of nitrogens with one attached hydrogen (secondary N) is 2. The van der Waals surface area contributed by atoms with Crippen LogP contribution in [0.2, 0.25) is 0 Å². The van der Waals surface area contributed by atoms with E-state index < -0.39 is 17.6 Å². The molecule has 1 aliphatic carbocycles. The lowest BCUT2D eigenvalue weighted by Crippen LogP contribution is -2.50. The molecule has 0 unspecified atom stereocenters. The van der Waals surface area contributed by atoms with Crippen molar-refractivity contribution in [1.29, 1.82) is 0 Å². The van der Waals surface area contributed by atoms with E-state index in [9.17, 15) is 14.4 Å². The van der Waals surface area contributed by atoms with Gasteiger partial charge in [-0.3, -0.25) is 9.59 Å². The summed E-state index contributed by atoms with van der Waals surface area (Å²) in [5.41, 5.74) is 1.32. The van der Waals surface area contributed by atoms with Gasteiger partial charge < -0.3 is 10.6 Å². The van der Waals surface area contributed by atoms with Crippen molar-refractivity contribution >= 4 is 17.8 Å². The predicted octanol–water partition coefficient (Wildman–Crippen LogP) is 2.43. The van der Waals surface area contributed by atoms with Crippen LogP contribution in [-0.2, 0) is 9.59 Å². The van der Waals surface area contributed by atoms with Gasteiger partial charge in [0.1, 0.15) is 11.6 Å². The molecule has 0 bridgehead atoms. The van der Waals surface area contributed by atoms with Crippen LogP contribution < -0.4 is 10.6 Å². The SMILES string of the molecule is Cc1ccccc1[C@@H](C)NC(=O)[C@@H](C)N1C(=O)NC2(CCCC2)C1=O. The highest BCUT2D eigenvalue weighted by molar-refractivity contribution is 6.10. The molecule has 1 aliphatic heterocycles. The normalized spacial score (nSPS) is 21.3. The summed E-state index contributed by atoms with van der Waals surface area (Å²) in [6.07, 6.45) is 3.15. The smallest absolute Gasteiger partial charge is 0.325 e. The Kier molecular flexibility index (Phi) is 4.54. The molecule has 1 aromatic carbocycles. The molecule has 3 rings (SSSR count). The fourth-order valence-electron chi connectivity index (χ4n) is 3.91. The highest BCUT2D eigenvalue weighted by atomic mass is 16.2. The number of benzene rings is 1. The maximum Gasteiger partial charge on any atom is 0.325 e. The summed E-state index contributed by atoms with van der Waals surface area (Å²) in [7, 11) is 0. The Morgan fingerprint density at radius 3 is 2.48 bits per heavy atom. The second-order valence-electron chi connectivity index (χ2n) is 7.16. The second kappa shape index (κ2) is 6.50. The van der Waals surface area contributed by atoms with Crippen LogP contribution in [0.5, 0.6) is 0 Å². The molecular formula is C19H25N3O3. The minimum atomic E-state index is -0.834. The Morgan fingerprint density at radius 2 is 1.84 bits per heavy atom. The van der Waals surface area contributed by atoms with Crippen LogP contribution in [0.25, 0.3) is 0 Å². The second-order valence-corrected chi connectivity index (χ2v) is 7.16. The first kappa shape index (κ1) is 17.5. The fraction of sp³-hybridized carbons (Fsp3) is 0.526. The number of imide groups is 1. The summed E-state index contributed by atoms with van der Waals surface area (Å²) in [6.45, 7) is 5.49. The van der Waals surface area contributed by atoms with Gasteiger partial charge in [-0.25, -0.2) is 9.69 Å². The van der Waals surface area contributed by atoms with Crippen molar-refractivity contribution in [2.75, 3.05) is 0 Å². The van der Waals surface area contributed by atoms with E-state index in [1.807, 2.05) is 38.1 Å². The van der Waals surface area contributed by atoms with E-state index >= 15 is 0 Å². The summed E-state index contributed by atoms with van der Waals surface area (Å²) in [6, 6.07) is 6.34. The topological polar surface area (TPSA) is 78.5 Å². The summed E-state index contributed by atoms with van der Waals surface area (Å²) in [5.74, 6) is -0.588. The molecule has 0 aromatic heterocycles. The van der Waals surface area contributed by atoms with Crippen molar-refractivity contribution in [3.05, 3.63) is 35.4 Å². The quantitative estimate of drug-likeness (QED) is 0.824. The van der Waals surface area contributed by atoms with Crippen LogP contribution >= 0.6 is 0 Å². The van der Waals surface area contributed by atoms with E-state index in [1.165, 1.54) is 0 Å². The van der Waals surface area contributed by atoms with Crippen LogP contribution in [-0.4, -0.2) is 34.3 Å². The summed E-state index contributed by atoms with van der Waals surface area (Å²) >= 11 is 0.